The van der Waals surface area contributed by atoms with Gasteiger partial charge in [-0.15, -0.1) is 0 Å². The second-order valence-corrected chi connectivity index (χ2v) is 4.85. The van der Waals surface area contributed by atoms with Gasteiger partial charge in [-0.1, -0.05) is 19.8 Å². The van der Waals surface area contributed by atoms with Gasteiger partial charge in [0.2, 0.25) is 0 Å². The Bertz CT molecular complexity index is 282. The van der Waals surface area contributed by atoms with Crippen LogP contribution in [0.1, 0.15) is 46.5 Å². The summed E-state index contributed by atoms with van der Waals surface area (Å²) >= 11 is 0. The Hall–Kier alpha value is -1.30. The fraction of sp³-hybridized carbons (Fsp3) is 0.846. The number of amides is 2. The maximum atomic E-state index is 12.0. The van der Waals surface area contributed by atoms with Gasteiger partial charge in [-0.05, 0) is 20.3 Å². The Kier molecular flexibility index (Phi) is 8.95. The van der Waals surface area contributed by atoms with Gasteiger partial charge in [0.05, 0.1) is 0 Å². The summed E-state index contributed by atoms with van der Waals surface area (Å²) in [5.74, 6) is -1.13. The van der Waals surface area contributed by atoms with Crippen molar-refractivity contribution in [3.63, 3.8) is 0 Å². The molecular formula is C13H26N2O4. The monoisotopic (exact) mass is 274 g/mol. The molecule has 0 bridgehead atoms. The van der Waals surface area contributed by atoms with E-state index in [4.69, 9.17) is 10.2 Å². The zero-order valence-corrected chi connectivity index (χ0v) is 12.1. The van der Waals surface area contributed by atoms with Gasteiger partial charge in [0.25, 0.3) is 0 Å². The SMILES string of the molecule is CCCCCN(C(=O)NC(CCO)C(=O)O)C(C)C. The smallest absolute Gasteiger partial charge is 0.326 e. The molecule has 0 radical (unpaired) electrons. The molecule has 0 fully saturated rings. The molecule has 1 unspecified atom stereocenters. The fourth-order valence-electron chi connectivity index (χ4n) is 1.74. The predicted molar refractivity (Wildman–Crippen MR) is 73.0 cm³/mol. The van der Waals surface area contributed by atoms with Crippen molar-refractivity contribution in [1.29, 1.82) is 0 Å². The molecule has 0 rings (SSSR count). The lowest BCUT2D eigenvalue weighted by Gasteiger charge is -2.28. The van der Waals surface area contributed by atoms with E-state index in [1.807, 2.05) is 13.8 Å². The van der Waals surface area contributed by atoms with Crippen molar-refractivity contribution in [3.05, 3.63) is 0 Å². The van der Waals surface area contributed by atoms with E-state index in [0.717, 1.165) is 19.3 Å². The van der Waals surface area contributed by atoms with E-state index >= 15 is 0 Å². The van der Waals surface area contributed by atoms with Crippen LogP contribution in [-0.2, 0) is 4.79 Å². The van der Waals surface area contributed by atoms with Crippen molar-refractivity contribution in [2.45, 2.75) is 58.5 Å². The molecule has 0 spiro atoms. The molecule has 0 aromatic carbocycles. The van der Waals surface area contributed by atoms with Crippen molar-refractivity contribution in [3.8, 4) is 0 Å². The zero-order chi connectivity index (χ0) is 14.8. The lowest BCUT2D eigenvalue weighted by molar-refractivity contribution is -0.139. The Balaban J connectivity index is 4.48. The molecule has 6 nitrogen and oxygen atoms in total. The van der Waals surface area contributed by atoms with E-state index in [0.29, 0.717) is 6.54 Å². The lowest BCUT2D eigenvalue weighted by Crippen LogP contribution is -2.50. The number of carbonyl (C=O) groups is 2. The van der Waals surface area contributed by atoms with E-state index in [1.54, 1.807) is 4.90 Å². The fourth-order valence-corrected chi connectivity index (χ4v) is 1.74. The number of carboxylic acid groups (broad SMARTS) is 1. The highest BCUT2D eigenvalue weighted by Crippen LogP contribution is 2.05. The van der Waals surface area contributed by atoms with Gasteiger partial charge in [-0.25, -0.2) is 9.59 Å². The third-order valence-electron chi connectivity index (χ3n) is 2.90. The molecule has 0 aliphatic carbocycles. The zero-order valence-electron chi connectivity index (χ0n) is 12.1. The van der Waals surface area contributed by atoms with Gasteiger partial charge in [0, 0.05) is 25.6 Å². The quantitative estimate of drug-likeness (QED) is 0.555. The van der Waals surface area contributed by atoms with Gasteiger partial charge in [-0.3, -0.25) is 0 Å². The first-order valence-corrected chi connectivity index (χ1v) is 6.84. The number of carboxylic acids is 1. The summed E-state index contributed by atoms with van der Waals surface area (Å²) in [5, 5.41) is 20.2. The highest BCUT2D eigenvalue weighted by Gasteiger charge is 2.23. The highest BCUT2D eigenvalue weighted by molar-refractivity contribution is 5.82. The number of nitrogens with one attached hydrogen (secondary N) is 1. The van der Waals surface area contributed by atoms with Crippen molar-refractivity contribution in [2.75, 3.05) is 13.2 Å². The molecule has 19 heavy (non-hydrogen) atoms. The van der Waals surface area contributed by atoms with Crippen LogP contribution in [0.4, 0.5) is 4.79 Å². The van der Waals surface area contributed by atoms with Crippen molar-refractivity contribution >= 4 is 12.0 Å². The molecule has 112 valence electrons. The van der Waals surface area contributed by atoms with E-state index in [9.17, 15) is 9.59 Å². The van der Waals surface area contributed by atoms with Crippen LogP contribution in [0.15, 0.2) is 0 Å². The first-order chi connectivity index (χ1) is 8.93. The minimum atomic E-state index is -1.13. The number of hydrogen-bond acceptors (Lipinski definition) is 3. The molecule has 1 atom stereocenters. The summed E-state index contributed by atoms with van der Waals surface area (Å²) in [5.41, 5.74) is 0. The average Bonchev–Trinajstić information content (AvgIpc) is 2.33. The molecule has 0 aliphatic heterocycles. The van der Waals surface area contributed by atoms with Crippen LogP contribution in [0.3, 0.4) is 0 Å². The Labute approximate surface area is 114 Å². The molecule has 0 aliphatic rings. The second-order valence-electron chi connectivity index (χ2n) is 4.85. The van der Waals surface area contributed by atoms with Gasteiger partial charge in [0.1, 0.15) is 6.04 Å². The maximum absolute atomic E-state index is 12.0. The van der Waals surface area contributed by atoms with Gasteiger partial charge < -0.3 is 20.4 Å². The Morgan fingerprint density at radius 3 is 2.32 bits per heavy atom. The number of rotatable bonds is 9. The largest absolute Gasteiger partial charge is 0.480 e. The van der Waals surface area contributed by atoms with Crippen LogP contribution >= 0.6 is 0 Å². The van der Waals surface area contributed by atoms with Crippen LogP contribution in [0, 0.1) is 0 Å². The molecule has 0 heterocycles. The van der Waals surface area contributed by atoms with E-state index in [1.165, 1.54) is 0 Å². The number of carbonyl (C=O) groups excluding carboxylic acids is 1. The molecule has 2 amide bonds. The predicted octanol–water partition coefficient (Wildman–Crippen LogP) is 1.43. The normalized spacial score (nSPS) is 12.3. The van der Waals surface area contributed by atoms with Crippen molar-refractivity contribution < 1.29 is 19.8 Å². The van der Waals surface area contributed by atoms with E-state index in [-0.39, 0.29) is 25.1 Å². The van der Waals surface area contributed by atoms with Crippen LogP contribution in [-0.4, -0.2) is 52.3 Å². The summed E-state index contributed by atoms with van der Waals surface area (Å²) in [6.45, 7) is 6.22. The number of unbranched alkanes of at least 4 members (excludes halogenated alkanes) is 2. The van der Waals surface area contributed by atoms with Gasteiger partial charge in [0.15, 0.2) is 0 Å². The number of urea groups is 1. The highest BCUT2D eigenvalue weighted by atomic mass is 16.4. The maximum Gasteiger partial charge on any atom is 0.326 e. The topological polar surface area (TPSA) is 89.9 Å². The number of aliphatic carboxylic acids is 1. The summed E-state index contributed by atoms with van der Waals surface area (Å²) in [4.78, 5) is 24.6. The van der Waals surface area contributed by atoms with Gasteiger partial charge in [-0.2, -0.15) is 0 Å². The Morgan fingerprint density at radius 2 is 1.89 bits per heavy atom. The molecule has 0 saturated heterocycles. The van der Waals surface area contributed by atoms with Crippen LogP contribution in [0.25, 0.3) is 0 Å². The third kappa shape index (κ3) is 7.00. The van der Waals surface area contributed by atoms with Crippen molar-refractivity contribution in [2.24, 2.45) is 0 Å². The molecular weight excluding hydrogens is 248 g/mol. The minimum absolute atomic E-state index is 0.0143. The van der Waals surface area contributed by atoms with E-state index < -0.39 is 12.0 Å². The summed E-state index contributed by atoms with van der Waals surface area (Å²) in [6, 6.07) is -1.41. The minimum Gasteiger partial charge on any atom is -0.480 e. The van der Waals surface area contributed by atoms with E-state index in [2.05, 4.69) is 12.2 Å². The summed E-state index contributed by atoms with van der Waals surface area (Å²) < 4.78 is 0. The van der Waals surface area contributed by atoms with Gasteiger partial charge >= 0.3 is 12.0 Å². The third-order valence-corrected chi connectivity index (χ3v) is 2.90. The molecule has 0 saturated carbocycles. The molecule has 6 heteroatoms. The molecule has 3 N–H and O–H groups in total. The summed E-state index contributed by atoms with van der Waals surface area (Å²) in [7, 11) is 0. The summed E-state index contributed by atoms with van der Waals surface area (Å²) in [6.07, 6.45) is 3.02. The van der Waals surface area contributed by atoms with Crippen LogP contribution in [0.5, 0.6) is 0 Å². The average molecular weight is 274 g/mol. The van der Waals surface area contributed by atoms with Crippen LogP contribution in [0.2, 0.25) is 0 Å². The first kappa shape index (κ1) is 17.7. The lowest BCUT2D eigenvalue weighted by atomic mass is 10.2. The number of aliphatic hydroxyl groups excluding tert-OH is 1. The first-order valence-electron chi connectivity index (χ1n) is 6.84. The second kappa shape index (κ2) is 9.61. The Morgan fingerprint density at radius 1 is 1.26 bits per heavy atom. The molecule has 0 aromatic heterocycles. The van der Waals surface area contributed by atoms with Crippen LogP contribution < -0.4 is 5.32 Å². The van der Waals surface area contributed by atoms with Crippen molar-refractivity contribution in [1.82, 2.24) is 10.2 Å². The standard InChI is InChI=1S/C13H26N2O4/c1-4-5-6-8-15(10(2)3)13(19)14-11(7-9-16)12(17)18/h10-11,16H,4-9H2,1-3H3,(H,14,19)(H,17,18). The molecule has 0 aromatic rings. The number of hydrogen-bond donors (Lipinski definition) is 3. The number of aliphatic hydroxyl groups is 1. The number of nitrogens with zero attached hydrogens (tertiary/aromatic N) is 1.